The van der Waals surface area contributed by atoms with Gasteiger partial charge in [-0.3, -0.25) is 4.79 Å². The van der Waals surface area contributed by atoms with Crippen LogP contribution in [0.4, 0.5) is 5.82 Å². The van der Waals surface area contributed by atoms with Crippen LogP contribution in [0.15, 0.2) is 18.3 Å². The van der Waals surface area contributed by atoms with E-state index in [-0.39, 0.29) is 21.4 Å². The second kappa shape index (κ2) is 8.21. The summed E-state index contributed by atoms with van der Waals surface area (Å²) in [6.07, 6.45) is 1.36. The van der Waals surface area contributed by atoms with Crippen molar-refractivity contribution in [3.8, 4) is 11.5 Å². The molecule has 2 heterocycles. The minimum absolute atomic E-state index is 0.127. The van der Waals surface area contributed by atoms with Gasteiger partial charge in [-0.25, -0.2) is 9.78 Å². The molecule has 2 aromatic rings. The van der Waals surface area contributed by atoms with E-state index in [0.717, 1.165) is 0 Å². The second-order valence-electron chi connectivity index (χ2n) is 5.50. The van der Waals surface area contributed by atoms with E-state index in [2.05, 4.69) is 10.3 Å². The van der Waals surface area contributed by atoms with Crippen LogP contribution in [0.5, 0.6) is 11.5 Å². The predicted molar refractivity (Wildman–Crippen MR) is 100 cm³/mol. The van der Waals surface area contributed by atoms with Gasteiger partial charge in [0.2, 0.25) is 0 Å². The van der Waals surface area contributed by atoms with Crippen LogP contribution >= 0.6 is 34.8 Å². The highest BCUT2D eigenvalue weighted by Gasteiger charge is 2.21. The number of rotatable bonds is 4. The topological polar surface area (TPSA) is 86.8 Å². The van der Waals surface area contributed by atoms with Gasteiger partial charge in [0.25, 0.3) is 5.91 Å². The normalized spacial score (nSPS) is 12.4. The quantitative estimate of drug-likeness (QED) is 0.739. The predicted octanol–water partition coefficient (Wildman–Crippen LogP) is 3.92. The molecule has 0 saturated heterocycles. The minimum atomic E-state index is -0.740. The molecule has 3 rings (SSSR count). The Labute approximate surface area is 169 Å². The largest absolute Gasteiger partial charge is 0.486 e. The van der Waals surface area contributed by atoms with Crippen LogP contribution in [-0.4, -0.2) is 36.7 Å². The fraction of sp³-hybridized carbons (Fsp3) is 0.235. The van der Waals surface area contributed by atoms with E-state index in [9.17, 15) is 9.59 Å². The number of benzene rings is 1. The lowest BCUT2D eigenvalue weighted by molar-refractivity contribution is -0.119. The summed E-state index contributed by atoms with van der Waals surface area (Å²) in [7, 11) is 0. The molecule has 10 heteroatoms. The zero-order valence-electron chi connectivity index (χ0n) is 14.0. The van der Waals surface area contributed by atoms with Gasteiger partial charge in [0.15, 0.2) is 23.9 Å². The third-order valence-electron chi connectivity index (χ3n) is 3.63. The number of nitrogens with zero attached hydrogens (tertiary/aromatic N) is 1. The number of esters is 1. The van der Waals surface area contributed by atoms with Crippen molar-refractivity contribution in [1.29, 1.82) is 0 Å². The van der Waals surface area contributed by atoms with E-state index in [1.165, 1.54) is 18.3 Å². The van der Waals surface area contributed by atoms with Gasteiger partial charge in [0.05, 0.1) is 20.6 Å². The van der Waals surface area contributed by atoms with Crippen LogP contribution < -0.4 is 14.8 Å². The molecule has 0 aliphatic carbocycles. The van der Waals surface area contributed by atoms with Crippen molar-refractivity contribution < 1.29 is 23.8 Å². The van der Waals surface area contributed by atoms with E-state index < -0.39 is 18.5 Å². The summed E-state index contributed by atoms with van der Waals surface area (Å²) in [5.41, 5.74) is 0.710. The Hall–Kier alpha value is -2.22. The first-order chi connectivity index (χ1) is 12.9. The van der Waals surface area contributed by atoms with E-state index in [1.807, 2.05) is 0 Å². The van der Waals surface area contributed by atoms with E-state index in [0.29, 0.717) is 35.3 Å². The van der Waals surface area contributed by atoms with Crippen LogP contribution in [0.3, 0.4) is 0 Å². The molecule has 1 N–H and O–H groups in total. The standard InChI is InChI=1S/C17H13Cl3N2O5/c1-8-11(19)6-21-16(14(8)20)22-13(23)7-27-17(24)9-4-10(18)15-12(5-9)25-2-3-26-15/h4-6H,2-3,7H2,1H3,(H,21,22,23). The molecule has 1 aliphatic rings. The van der Waals surface area contributed by atoms with Crippen molar-refractivity contribution in [3.63, 3.8) is 0 Å². The first kappa shape index (κ1) is 19.5. The summed E-state index contributed by atoms with van der Waals surface area (Å²) in [5.74, 6) is -0.505. The molecule has 0 atom stereocenters. The Kier molecular flexibility index (Phi) is 5.94. The fourth-order valence-corrected chi connectivity index (χ4v) is 2.91. The first-order valence-corrected chi connectivity index (χ1v) is 8.87. The lowest BCUT2D eigenvalue weighted by Gasteiger charge is -2.19. The molecule has 1 aliphatic heterocycles. The maximum atomic E-state index is 12.2. The fourth-order valence-electron chi connectivity index (χ4n) is 2.26. The first-order valence-electron chi connectivity index (χ1n) is 7.73. The number of fused-ring (bicyclic) bond motifs is 1. The van der Waals surface area contributed by atoms with Gasteiger partial charge in [-0.15, -0.1) is 0 Å². The lowest BCUT2D eigenvalue weighted by Crippen LogP contribution is -2.22. The van der Waals surface area contributed by atoms with Crippen molar-refractivity contribution in [1.82, 2.24) is 4.98 Å². The third-order valence-corrected chi connectivity index (χ3v) is 4.75. The number of nitrogens with one attached hydrogen (secondary N) is 1. The number of ether oxygens (including phenoxy) is 3. The highest BCUT2D eigenvalue weighted by molar-refractivity contribution is 6.37. The average molecular weight is 432 g/mol. The van der Waals surface area contributed by atoms with Gasteiger partial charge in [0, 0.05) is 6.20 Å². The number of hydrogen-bond acceptors (Lipinski definition) is 6. The zero-order chi connectivity index (χ0) is 19.6. The van der Waals surface area contributed by atoms with Crippen molar-refractivity contribution in [3.05, 3.63) is 44.5 Å². The zero-order valence-corrected chi connectivity index (χ0v) is 16.2. The molecule has 0 fully saturated rings. The van der Waals surface area contributed by atoms with Crippen molar-refractivity contribution in [2.45, 2.75) is 6.92 Å². The monoisotopic (exact) mass is 430 g/mol. The molecule has 0 spiro atoms. The Morgan fingerprint density at radius 2 is 1.93 bits per heavy atom. The van der Waals surface area contributed by atoms with Crippen LogP contribution in [0, 0.1) is 6.92 Å². The molecule has 27 heavy (non-hydrogen) atoms. The van der Waals surface area contributed by atoms with E-state index in [1.54, 1.807) is 6.92 Å². The summed E-state index contributed by atoms with van der Waals surface area (Å²) in [6, 6.07) is 2.83. The number of aromatic nitrogens is 1. The average Bonchev–Trinajstić information content (AvgIpc) is 2.66. The molecule has 7 nitrogen and oxygen atoms in total. The van der Waals surface area contributed by atoms with E-state index in [4.69, 9.17) is 49.0 Å². The molecular formula is C17H13Cl3N2O5. The second-order valence-corrected chi connectivity index (χ2v) is 6.69. The summed E-state index contributed by atoms with van der Waals surface area (Å²) in [5, 5.41) is 3.26. The molecule has 1 aromatic heterocycles. The Morgan fingerprint density at radius 1 is 1.19 bits per heavy atom. The lowest BCUT2D eigenvalue weighted by atomic mass is 10.2. The number of pyridine rings is 1. The summed E-state index contributed by atoms with van der Waals surface area (Å²) >= 11 is 18.1. The summed E-state index contributed by atoms with van der Waals surface area (Å²) < 4.78 is 15.8. The van der Waals surface area contributed by atoms with Gasteiger partial charge in [0.1, 0.15) is 13.2 Å². The number of anilines is 1. The number of carbonyl (C=O) groups excluding carboxylic acids is 2. The van der Waals surface area contributed by atoms with Crippen LogP contribution in [0.25, 0.3) is 0 Å². The van der Waals surface area contributed by atoms with Crippen molar-refractivity contribution in [2.24, 2.45) is 0 Å². The maximum Gasteiger partial charge on any atom is 0.338 e. The van der Waals surface area contributed by atoms with Crippen LogP contribution in [0.1, 0.15) is 15.9 Å². The maximum absolute atomic E-state index is 12.2. The molecule has 0 unspecified atom stereocenters. The smallest absolute Gasteiger partial charge is 0.338 e. The Balaban J connectivity index is 1.63. The van der Waals surface area contributed by atoms with Gasteiger partial charge in [-0.2, -0.15) is 0 Å². The van der Waals surface area contributed by atoms with Gasteiger partial charge < -0.3 is 19.5 Å². The molecule has 142 valence electrons. The molecule has 1 aromatic carbocycles. The Bertz CT molecular complexity index is 920. The number of halogens is 3. The SMILES string of the molecule is Cc1c(Cl)cnc(NC(=O)COC(=O)c2cc(Cl)c3c(c2)OCCO3)c1Cl. The molecular weight excluding hydrogens is 419 g/mol. The van der Waals surface area contributed by atoms with Gasteiger partial charge in [-0.05, 0) is 24.6 Å². The minimum Gasteiger partial charge on any atom is -0.486 e. The summed E-state index contributed by atoms with van der Waals surface area (Å²) in [6.45, 7) is 1.87. The molecule has 0 radical (unpaired) electrons. The van der Waals surface area contributed by atoms with Gasteiger partial charge in [-0.1, -0.05) is 34.8 Å². The number of hydrogen-bond donors (Lipinski definition) is 1. The van der Waals surface area contributed by atoms with Crippen molar-refractivity contribution in [2.75, 3.05) is 25.1 Å². The van der Waals surface area contributed by atoms with Gasteiger partial charge >= 0.3 is 5.97 Å². The highest BCUT2D eigenvalue weighted by atomic mass is 35.5. The van der Waals surface area contributed by atoms with E-state index >= 15 is 0 Å². The molecule has 1 amide bonds. The van der Waals surface area contributed by atoms with Crippen molar-refractivity contribution >= 4 is 52.5 Å². The number of carbonyl (C=O) groups is 2. The third kappa shape index (κ3) is 4.37. The molecule has 0 saturated carbocycles. The van der Waals surface area contributed by atoms with Crippen LogP contribution in [0.2, 0.25) is 15.1 Å². The van der Waals surface area contributed by atoms with Crippen LogP contribution in [-0.2, 0) is 9.53 Å². The highest BCUT2D eigenvalue weighted by Crippen LogP contribution is 2.38. The number of amides is 1. The summed E-state index contributed by atoms with van der Waals surface area (Å²) in [4.78, 5) is 28.1. The Morgan fingerprint density at radius 3 is 2.70 bits per heavy atom. The molecule has 0 bridgehead atoms.